The van der Waals surface area contributed by atoms with Crippen molar-refractivity contribution < 1.29 is 8.42 Å². The van der Waals surface area contributed by atoms with Gasteiger partial charge in [0.2, 0.25) is 10.0 Å². The first-order chi connectivity index (χ1) is 17.5. The smallest absolute Gasteiger partial charge is 0.214 e. The van der Waals surface area contributed by atoms with Crippen molar-refractivity contribution in [2.24, 2.45) is 0 Å². The maximum atomic E-state index is 13.6. The molecule has 1 N–H and O–H groups in total. The van der Waals surface area contributed by atoms with Crippen LogP contribution in [0.5, 0.6) is 0 Å². The molecule has 0 saturated heterocycles. The van der Waals surface area contributed by atoms with Crippen LogP contribution < -0.4 is 4.90 Å². The number of hydrogen-bond acceptors (Lipinski definition) is 4. The zero-order valence-corrected chi connectivity index (χ0v) is 22.6. The fourth-order valence-electron chi connectivity index (χ4n) is 5.05. The van der Waals surface area contributed by atoms with E-state index in [-0.39, 0.29) is 24.2 Å². The van der Waals surface area contributed by atoms with Crippen molar-refractivity contribution >= 4 is 28.1 Å². The Labute approximate surface area is 225 Å². The maximum Gasteiger partial charge on any atom is 0.214 e. The van der Waals surface area contributed by atoms with Gasteiger partial charge in [-0.05, 0) is 47.2 Å². The standard InChI is InChI=1S/C29H32N4O2S.ClH/c1-2-15-36(34,35)33-19-26-17-25(24-11-7-4-8-12-24)13-14-29(26)32(20-27-18-30-22-31-27)21-28(33)16-23-9-5-3-6-10-23;/h3-14,17-18,22,28H,2,15-16,19-21H2,1H3,(H,30,31);1H/t28-;/m1./s1. The van der Waals surface area contributed by atoms with Crippen LogP contribution in [0.4, 0.5) is 5.69 Å². The van der Waals surface area contributed by atoms with E-state index in [0.29, 0.717) is 32.5 Å². The second-order valence-corrected chi connectivity index (χ2v) is 11.4. The predicted molar refractivity (Wildman–Crippen MR) is 152 cm³/mol. The summed E-state index contributed by atoms with van der Waals surface area (Å²) in [5, 5.41) is 0. The van der Waals surface area contributed by atoms with Crippen LogP contribution in [0, 0.1) is 0 Å². The van der Waals surface area contributed by atoms with Gasteiger partial charge in [-0.3, -0.25) is 0 Å². The lowest BCUT2D eigenvalue weighted by molar-refractivity contribution is 0.318. The van der Waals surface area contributed by atoms with E-state index in [9.17, 15) is 8.42 Å². The molecule has 6 nitrogen and oxygen atoms in total. The first kappa shape index (κ1) is 26.9. The summed E-state index contributed by atoms with van der Waals surface area (Å²) in [5.74, 6) is 0.144. The zero-order valence-electron chi connectivity index (χ0n) is 21.0. The van der Waals surface area contributed by atoms with Crippen LogP contribution in [-0.4, -0.2) is 41.0 Å². The quantitative estimate of drug-likeness (QED) is 0.315. The third-order valence-corrected chi connectivity index (χ3v) is 8.80. The van der Waals surface area contributed by atoms with Crippen molar-refractivity contribution in [3.05, 3.63) is 108 Å². The van der Waals surface area contributed by atoms with Crippen molar-refractivity contribution in [1.82, 2.24) is 14.3 Å². The molecule has 0 amide bonds. The van der Waals surface area contributed by atoms with Crippen LogP contribution in [0.2, 0.25) is 0 Å². The second kappa shape index (κ2) is 11.9. The Bertz CT molecular complexity index is 1380. The highest BCUT2D eigenvalue weighted by atomic mass is 35.5. The number of halogens is 1. The molecule has 5 rings (SSSR count). The van der Waals surface area contributed by atoms with Crippen LogP contribution in [0.1, 0.15) is 30.2 Å². The Kier molecular flexibility index (Phi) is 8.69. The summed E-state index contributed by atoms with van der Waals surface area (Å²) in [6, 6.07) is 26.6. The number of nitrogens with zero attached hydrogens (tertiary/aromatic N) is 3. The minimum Gasteiger partial charge on any atom is -0.364 e. The third kappa shape index (κ3) is 6.24. The number of hydrogen-bond donors (Lipinski definition) is 1. The van der Waals surface area contributed by atoms with Crippen molar-refractivity contribution in [3.63, 3.8) is 0 Å². The molecule has 0 saturated carbocycles. The summed E-state index contributed by atoms with van der Waals surface area (Å²) in [4.78, 5) is 9.79. The normalized spacial score (nSPS) is 16.0. The Morgan fingerprint density at radius 3 is 2.38 bits per heavy atom. The van der Waals surface area contributed by atoms with Gasteiger partial charge in [0.25, 0.3) is 0 Å². The lowest BCUT2D eigenvalue weighted by Gasteiger charge is -2.32. The average Bonchev–Trinajstić information content (AvgIpc) is 3.35. The number of fused-ring (bicyclic) bond motifs is 1. The minimum atomic E-state index is -3.45. The van der Waals surface area contributed by atoms with Gasteiger partial charge in [0.1, 0.15) is 0 Å². The number of H-pyrrole nitrogens is 1. The molecule has 4 aromatic rings. The molecule has 1 atom stereocenters. The number of aromatic amines is 1. The van der Waals surface area contributed by atoms with E-state index in [1.165, 1.54) is 0 Å². The van der Waals surface area contributed by atoms with E-state index in [4.69, 9.17) is 0 Å². The van der Waals surface area contributed by atoms with Gasteiger partial charge in [-0.1, -0.05) is 73.7 Å². The van der Waals surface area contributed by atoms with Crippen molar-refractivity contribution in [2.75, 3.05) is 17.2 Å². The summed E-state index contributed by atoms with van der Waals surface area (Å²) in [6.45, 7) is 3.47. The molecule has 0 aliphatic carbocycles. The number of rotatable bonds is 8. The Hall–Kier alpha value is -3.13. The molecular formula is C29H33ClN4O2S. The maximum absolute atomic E-state index is 13.6. The van der Waals surface area contributed by atoms with Gasteiger partial charge in [0.15, 0.2) is 0 Å². The Balaban J connectivity index is 0.00000320. The van der Waals surface area contributed by atoms with Crippen LogP contribution in [0.3, 0.4) is 0 Å². The fourth-order valence-corrected chi connectivity index (χ4v) is 6.73. The van der Waals surface area contributed by atoms with Gasteiger partial charge < -0.3 is 9.88 Å². The predicted octanol–water partition coefficient (Wildman–Crippen LogP) is 5.67. The van der Waals surface area contributed by atoms with Crippen LogP contribution in [-0.2, 0) is 29.5 Å². The first-order valence-corrected chi connectivity index (χ1v) is 14.1. The van der Waals surface area contributed by atoms with Gasteiger partial charge in [-0.25, -0.2) is 13.4 Å². The van der Waals surface area contributed by atoms with Crippen LogP contribution in [0.25, 0.3) is 11.1 Å². The SMILES string of the molecule is CCCS(=O)(=O)N1Cc2cc(-c3ccccc3)ccc2N(Cc2c[nH]cn2)C[C@H]1Cc1ccccc1.Cl. The number of aromatic nitrogens is 2. The molecule has 1 aromatic heterocycles. The topological polar surface area (TPSA) is 69.3 Å². The molecule has 2 heterocycles. The monoisotopic (exact) mass is 536 g/mol. The molecule has 37 heavy (non-hydrogen) atoms. The molecule has 0 radical (unpaired) electrons. The largest absolute Gasteiger partial charge is 0.364 e. The van der Waals surface area contributed by atoms with Crippen molar-refractivity contribution in [1.29, 1.82) is 0 Å². The van der Waals surface area contributed by atoms with Gasteiger partial charge in [-0.2, -0.15) is 4.31 Å². The highest BCUT2D eigenvalue weighted by Gasteiger charge is 2.35. The fraction of sp³-hybridized carbons (Fsp3) is 0.276. The lowest BCUT2D eigenvalue weighted by Crippen LogP contribution is -2.46. The van der Waals surface area contributed by atoms with Crippen molar-refractivity contribution in [3.8, 4) is 11.1 Å². The summed E-state index contributed by atoms with van der Waals surface area (Å²) in [7, 11) is -3.45. The number of benzene rings is 3. The van der Waals surface area contributed by atoms with E-state index >= 15 is 0 Å². The summed E-state index contributed by atoms with van der Waals surface area (Å²) in [5.41, 5.74) is 6.34. The number of nitrogens with one attached hydrogen (secondary N) is 1. The molecular weight excluding hydrogens is 504 g/mol. The van der Waals surface area contributed by atoms with Gasteiger partial charge in [0.05, 0.1) is 24.3 Å². The molecule has 1 aliphatic heterocycles. The summed E-state index contributed by atoms with van der Waals surface area (Å²) in [6.07, 6.45) is 4.83. The van der Waals surface area contributed by atoms with E-state index in [1.807, 2.05) is 49.5 Å². The van der Waals surface area contributed by atoms with Crippen LogP contribution >= 0.6 is 12.4 Å². The molecule has 0 spiro atoms. The average molecular weight is 537 g/mol. The third-order valence-electron chi connectivity index (χ3n) is 6.73. The minimum absolute atomic E-state index is 0. The van der Waals surface area contributed by atoms with Gasteiger partial charge in [0, 0.05) is 31.0 Å². The summed E-state index contributed by atoms with van der Waals surface area (Å²) >= 11 is 0. The van der Waals surface area contributed by atoms with E-state index in [0.717, 1.165) is 33.6 Å². The molecule has 194 valence electrons. The molecule has 0 unspecified atom stereocenters. The van der Waals surface area contributed by atoms with Gasteiger partial charge >= 0.3 is 0 Å². The van der Waals surface area contributed by atoms with E-state index < -0.39 is 10.0 Å². The number of imidazole rings is 1. The lowest BCUT2D eigenvalue weighted by atomic mass is 10.0. The van der Waals surface area contributed by atoms with E-state index in [1.54, 1.807) is 10.6 Å². The first-order valence-electron chi connectivity index (χ1n) is 12.5. The van der Waals surface area contributed by atoms with E-state index in [2.05, 4.69) is 57.3 Å². The highest BCUT2D eigenvalue weighted by molar-refractivity contribution is 7.89. The molecule has 0 fully saturated rings. The Morgan fingerprint density at radius 1 is 0.973 bits per heavy atom. The Morgan fingerprint density at radius 2 is 1.70 bits per heavy atom. The highest BCUT2D eigenvalue weighted by Crippen LogP contribution is 2.34. The number of sulfonamides is 1. The number of anilines is 1. The van der Waals surface area contributed by atoms with Crippen LogP contribution in [0.15, 0.2) is 91.4 Å². The van der Waals surface area contributed by atoms with Gasteiger partial charge in [-0.15, -0.1) is 12.4 Å². The molecule has 0 bridgehead atoms. The molecule has 3 aromatic carbocycles. The second-order valence-electron chi connectivity index (χ2n) is 9.36. The summed E-state index contributed by atoms with van der Waals surface area (Å²) < 4.78 is 29.0. The molecule has 1 aliphatic rings. The zero-order chi connectivity index (χ0) is 25.0. The van der Waals surface area contributed by atoms with Crippen molar-refractivity contribution in [2.45, 2.75) is 38.9 Å². The molecule has 8 heteroatoms.